The molecule has 1 aromatic carbocycles. The number of nitrogens with two attached hydrogens (primary N) is 1. The highest BCUT2D eigenvalue weighted by atomic mass is 19.4. The van der Waals surface area contributed by atoms with Crippen LogP contribution in [0.1, 0.15) is 61.9 Å². The van der Waals surface area contributed by atoms with Crippen LogP contribution in [0.5, 0.6) is 0 Å². The summed E-state index contributed by atoms with van der Waals surface area (Å²) >= 11 is 0. The Bertz CT molecular complexity index is 886. The first kappa shape index (κ1) is 28.6. The zero-order chi connectivity index (χ0) is 25.9. The molecule has 1 aromatic rings. The number of unbranched alkanes of at least 4 members (excludes halogenated alkanes) is 1. The van der Waals surface area contributed by atoms with E-state index in [0.29, 0.717) is 24.0 Å². The lowest BCUT2D eigenvalue weighted by Gasteiger charge is -2.19. The van der Waals surface area contributed by atoms with Crippen molar-refractivity contribution in [3.8, 4) is 0 Å². The number of carbonyl (C=O) groups excluding carboxylic acids is 4. The van der Waals surface area contributed by atoms with Gasteiger partial charge in [-0.1, -0.05) is 26.0 Å². The van der Waals surface area contributed by atoms with E-state index in [1.807, 2.05) is 0 Å². The van der Waals surface area contributed by atoms with Crippen molar-refractivity contribution < 1.29 is 37.1 Å². The lowest BCUT2D eigenvalue weighted by atomic mass is 10.0. The maximum Gasteiger partial charge on any atom is 0.491 e. The lowest BCUT2D eigenvalue weighted by molar-refractivity contribution is -0.202. The Morgan fingerprint density at radius 1 is 1.03 bits per heavy atom. The maximum absolute atomic E-state index is 12.3. The van der Waals surface area contributed by atoms with Crippen molar-refractivity contribution >= 4 is 29.6 Å². The number of ether oxygens (including phenoxy) is 1. The largest absolute Gasteiger partial charge is 0.491 e. The Kier molecular flexibility index (Phi) is 11.2. The summed E-state index contributed by atoms with van der Waals surface area (Å²) in [4.78, 5) is 46.8. The SMILES string of the molecule is CC(C)CC(=O)N[C@@H](CCCCNC(=O)c1ccc(C(=N)N)cc1)CC(=O)OC(=O)C(F)(F)F. The average molecular weight is 486 g/mol. The zero-order valence-corrected chi connectivity index (χ0v) is 19.0. The van der Waals surface area contributed by atoms with Gasteiger partial charge in [-0.15, -0.1) is 0 Å². The van der Waals surface area contributed by atoms with Crippen molar-refractivity contribution in [3.63, 3.8) is 0 Å². The second kappa shape index (κ2) is 13.3. The molecule has 0 saturated carbocycles. The number of amides is 2. The van der Waals surface area contributed by atoms with E-state index in [2.05, 4.69) is 15.4 Å². The van der Waals surface area contributed by atoms with Crippen LogP contribution < -0.4 is 16.4 Å². The minimum atomic E-state index is -5.29. The number of benzene rings is 1. The van der Waals surface area contributed by atoms with Gasteiger partial charge in [0, 0.05) is 30.1 Å². The number of nitrogens with one attached hydrogen (secondary N) is 3. The molecule has 0 radical (unpaired) electrons. The van der Waals surface area contributed by atoms with E-state index in [4.69, 9.17) is 11.1 Å². The number of nitrogen functional groups attached to an aromatic ring is 1. The van der Waals surface area contributed by atoms with Crippen molar-refractivity contribution in [2.45, 2.75) is 58.2 Å². The average Bonchev–Trinajstić information content (AvgIpc) is 2.71. The second-order valence-electron chi connectivity index (χ2n) is 8.07. The standard InChI is InChI=1S/C22H29F3N4O5/c1-13(2)11-17(30)29-16(12-18(31)34-21(33)22(23,24)25)5-3-4-10-28-20(32)15-8-6-14(7-9-15)19(26)27/h6-9,13,16H,3-5,10-12H2,1-2H3,(H3,26,27)(H,28,32)(H,29,30)/t16-/m0/s1. The molecule has 0 spiro atoms. The molecule has 2 amide bonds. The maximum atomic E-state index is 12.3. The van der Waals surface area contributed by atoms with Gasteiger partial charge in [0.15, 0.2) is 0 Å². The van der Waals surface area contributed by atoms with Gasteiger partial charge in [-0.3, -0.25) is 19.8 Å². The summed E-state index contributed by atoms with van der Waals surface area (Å²) in [5, 5.41) is 12.6. The van der Waals surface area contributed by atoms with Crippen LogP contribution in [0.3, 0.4) is 0 Å². The summed E-state index contributed by atoms with van der Waals surface area (Å²) in [6, 6.07) is 5.32. The van der Waals surface area contributed by atoms with E-state index in [9.17, 15) is 32.3 Å². The number of amidine groups is 1. The fraction of sp³-hybridized carbons (Fsp3) is 0.500. The van der Waals surface area contributed by atoms with Gasteiger partial charge in [0.25, 0.3) is 5.91 Å². The first-order chi connectivity index (χ1) is 15.8. The highest BCUT2D eigenvalue weighted by Gasteiger charge is 2.42. The third kappa shape index (κ3) is 10.9. The van der Waals surface area contributed by atoms with E-state index in [0.717, 1.165) is 0 Å². The summed E-state index contributed by atoms with van der Waals surface area (Å²) in [7, 11) is 0. The fourth-order valence-corrected chi connectivity index (χ4v) is 2.91. The Morgan fingerprint density at radius 2 is 1.62 bits per heavy atom. The van der Waals surface area contributed by atoms with Gasteiger partial charge >= 0.3 is 18.1 Å². The molecule has 12 heteroatoms. The summed E-state index contributed by atoms with van der Waals surface area (Å²) < 4.78 is 40.7. The molecule has 0 aliphatic rings. The van der Waals surface area contributed by atoms with E-state index in [1.54, 1.807) is 26.0 Å². The molecule has 0 aromatic heterocycles. The van der Waals surface area contributed by atoms with Crippen LogP contribution in [0.15, 0.2) is 24.3 Å². The second-order valence-corrected chi connectivity index (χ2v) is 8.07. The van der Waals surface area contributed by atoms with Crippen LogP contribution in [0.2, 0.25) is 0 Å². The third-order valence-corrected chi connectivity index (χ3v) is 4.53. The molecule has 1 atom stereocenters. The normalized spacial score (nSPS) is 12.1. The topological polar surface area (TPSA) is 151 Å². The van der Waals surface area contributed by atoms with E-state index >= 15 is 0 Å². The lowest BCUT2D eigenvalue weighted by Crippen LogP contribution is -2.38. The van der Waals surface area contributed by atoms with E-state index in [1.165, 1.54) is 12.1 Å². The molecule has 188 valence electrons. The van der Waals surface area contributed by atoms with Crippen LogP contribution in [0.4, 0.5) is 13.2 Å². The monoisotopic (exact) mass is 486 g/mol. The van der Waals surface area contributed by atoms with Gasteiger partial charge in [-0.2, -0.15) is 13.2 Å². The molecule has 0 bridgehead atoms. The van der Waals surface area contributed by atoms with Gasteiger partial charge < -0.3 is 21.1 Å². The summed E-state index contributed by atoms with van der Waals surface area (Å²) in [6.45, 7) is 3.89. The fourth-order valence-electron chi connectivity index (χ4n) is 2.91. The number of halogens is 3. The van der Waals surface area contributed by atoms with Gasteiger partial charge in [-0.05, 0) is 37.3 Å². The van der Waals surface area contributed by atoms with Crippen LogP contribution in [-0.4, -0.2) is 48.4 Å². The minimum absolute atomic E-state index is 0.0270. The van der Waals surface area contributed by atoms with Crippen LogP contribution >= 0.6 is 0 Å². The molecule has 0 heterocycles. The van der Waals surface area contributed by atoms with Gasteiger partial charge in [0.2, 0.25) is 5.91 Å². The Hall–Kier alpha value is -3.44. The summed E-state index contributed by atoms with van der Waals surface area (Å²) in [5.74, 6) is -4.81. The highest BCUT2D eigenvalue weighted by Crippen LogP contribution is 2.17. The first-order valence-electron chi connectivity index (χ1n) is 10.6. The Morgan fingerprint density at radius 3 is 2.15 bits per heavy atom. The number of hydrogen-bond acceptors (Lipinski definition) is 6. The van der Waals surface area contributed by atoms with Crippen molar-refractivity contribution in [1.82, 2.24) is 10.6 Å². The van der Waals surface area contributed by atoms with E-state index in [-0.39, 0.29) is 43.0 Å². The molecule has 9 nitrogen and oxygen atoms in total. The smallest absolute Gasteiger partial charge is 0.386 e. The molecule has 0 unspecified atom stereocenters. The predicted octanol–water partition coefficient (Wildman–Crippen LogP) is 2.42. The first-order valence-corrected chi connectivity index (χ1v) is 10.6. The van der Waals surface area contributed by atoms with Crippen molar-refractivity contribution in [1.29, 1.82) is 5.41 Å². The molecule has 0 aliphatic heterocycles. The van der Waals surface area contributed by atoms with Crippen molar-refractivity contribution in [2.75, 3.05) is 6.54 Å². The molecular weight excluding hydrogens is 457 g/mol. The summed E-state index contributed by atoms with van der Waals surface area (Å²) in [5.41, 5.74) is 6.22. The third-order valence-electron chi connectivity index (χ3n) is 4.53. The number of alkyl halides is 3. The van der Waals surface area contributed by atoms with Crippen LogP contribution in [-0.2, 0) is 19.1 Å². The van der Waals surface area contributed by atoms with Crippen LogP contribution in [0.25, 0.3) is 0 Å². The molecule has 5 N–H and O–H groups in total. The highest BCUT2D eigenvalue weighted by molar-refractivity contribution is 5.98. The number of rotatable bonds is 12. The summed E-state index contributed by atoms with van der Waals surface area (Å²) in [6.07, 6.45) is -4.62. The zero-order valence-electron chi connectivity index (χ0n) is 19.0. The van der Waals surface area contributed by atoms with Crippen molar-refractivity contribution in [3.05, 3.63) is 35.4 Å². The van der Waals surface area contributed by atoms with Crippen molar-refractivity contribution in [2.24, 2.45) is 11.7 Å². The number of hydrogen-bond donors (Lipinski definition) is 4. The number of esters is 2. The van der Waals surface area contributed by atoms with E-state index < -0.39 is 30.6 Å². The molecule has 34 heavy (non-hydrogen) atoms. The molecule has 0 aliphatic carbocycles. The quantitative estimate of drug-likeness (QED) is 0.117. The van der Waals surface area contributed by atoms with Gasteiger partial charge in [0.05, 0.1) is 6.42 Å². The predicted molar refractivity (Wildman–Crippen MR) is 117 cm³/mol. The van der Waals surface area contributed by atoms with Gasteiger partial charge in [-0.25, -0.2) is 4.79 Å². The minimum Gasteiger partial charge on any atom is -0.386 e. The molecule has 0 fully saturated rings. The molecule has 1 rings (SSSR count). The van der Waals surface area contributed by atoms with Gasteiger partial charge in [0.1, 0.15) is 5.84 Å². The Labute approximate surface area is 195 Å². The number of carbonyl (C=O) groups is 4. The molecular formula is C22H29F3N4O5. The van der Waals surface area contributed by atoms with Crippen LogP contribution in [0, 0.1) is 11.3 Å². The molecule has 0 saturated heterocycles. The Balaban J connectivity index is 2.55.